The van der Waals surface area contributed by atoms with E-state index in [0.29, 0.717) is 30.4 Å². The molecule has 0 aliphatic heterocycles. The van der Waals surface area contributed by atoms with Crippen molar-refractivity contribution in [2.45, 2.75) is 25.3 Å². The Kier molecular flexibility index (Phi) is 5.55. The number of amides is 1. The number of hydrazine groups is 1. The third kappa shape index (κ3) is 4.45. The molecule has 1 amide bonds. The van der Waals surface area contributed by atoms with Crippen molar-refractivity contribution in [1.29, 1.82) is 5.26 Å². The van der Waals surface area contributed by atoms with Crippen LogP contribution in [0.25, 0.3) is 0 Å². The topological polar surface area (TPSA) is 91.4 Å². The maximum Gasteiger partial charge on any atom is 0.268 e. The molecule has 1 aromatic carbocycles. The molecule has 21 heavy (non-hydrogen) atoms. The van der Waals surface area contributed by atoms with Crippen molar-refractivity contribution in [2.75, 3.05) is 19.7 Å². The number of nitrogens with two attached hydrogens (primary N) is 1. The smallest absolute Gasteiger partial charge is 0.268 e. The summed E-state index contributed by atoms with van der Waals surface area (Å²) < 4.78 is 5.71. The second-order valence-electron chi connectivity index (χ2n) is 4.99. The first-order valence-corrected chi connectivity index (χ1v) is 7.10. The van der Waals surface area contributed by atoms with E-state index in [-0.39, 0.29) is 5.91 Å². The molecule has 1 fully saturated rings. The summed E-state index contributed by atoms with van der Waals surface area (Å²) in [4.78, 5) is 13.9. The zero-order valence-corrected chi connectivity index (χ0v) is 11.9. The van der Waals surface area contributed by atoms with Gasteiger partial charge >= 0.3 is 0 Å². The minimum atomic E-state index is -0.367. The fourth-order valence-corrected chi connectivity index (χ4v) is 2.24. The molecule has 0 bridgehead atoms. The summed E-state index contributed by atoms with van der Waals surface area (Å²) in [6, 6.07) is 9.76. The van der Waals surface area contributed by atoms with E-state index < -0.39 is 0 Å². The number of benzene rings is 1. The van der Waals surface area contributed by atoms with Gasteiger partial charge in [0.25, 0.3) is 5.91 Å². The first-order chi connectivity index (χ1) is 10.3. The minimum absolute atomic E-state index is 0.367. The van der Waals surface area contributed by atoms with E-state index in [1.807, 2.05) is 6.07 Å². The summed E-state index contributed by atoms with van der Waals surface area (Å²) in [5.74, 6) is 5.32. The van der Waals surface area contributed by atoms with Crippen LogP contribution in [0.3, 0.4) is 0 Å². The zero-order chi connectivity index (χ0) is 15.1. The molecule has 2 rings (SSSR count). The Hall–Kier alpha value is -2.10. The lowest BCUT2D eigenvalue weighted by Gasteiger charge is -2.21. The number of hydrogen-bond donors (Lipinski definition) is 2. The molecule has 1 aromatic rings. The fraction of sp³-hybridized carbons (Fsp3) is 0.467. The molecule has 0 aromatic heterocycles. The maximum atomic E-state index is 11.6. The Morgan fingerprint density at radius 3 is 2.86 bits per heavy atom. The molecule has 6 nitrogen and oxygen atoms in total. The zero-order valence-electron chi connectivity index (χ0n) is 11.9. The number of hydrogen-bond acceptors (Lipinski definition) is 5. The number of nitriles is 1. The van der Waals surface area contributed by atoms with Gasteiger partial charge in [0.1, 0.15) is 12.4 Å². The second-order valence-corrected chi connectivity index (χ2v) is 4.99. The van der Waals surface area contributed by atoms with E-state index in [0.717, 1.165) is 13.1 Å². The molecule has 0 saturated heterocycles. The van der Waals surface area contributed by atoms with Gasteiger partial charge in [0.2, 0.25) is 0 Å². The first kappa shape index (κ1) is 15.3. The van der Waals surface area contributed by atoms with Crippen molar-refractivity contribution >= 4 is 5.91 Å². The third-order valence-electron chi connectivity index (χ3n) is 3.47. The predicted molar refractivity (Wildman–Crippen MR) is 78.4 cm³/mol. The molecule has 0 radical (unpaired) electrons. The number of nitrogens with one attached hydrogen (secondary N) is 1. The summed E-state index contributed by atoms with van der Waals surface area (Å²) in [5, 5.41) is 8.68. The van der Waals surface area contributed by atoms with Crippen molar-refractivity contribution in [3.05, 3.63) is 29.8 Å². The molecule has 0 heterocycles. The van der Waals surface area contributed by atoms with Gasteiger partial charge in [0.05, 0.1) is 11.6 Å². The average molecular weight is 288 g/mol. The summed E-state index contributed by atoms with van der Waals surface area (Å²) in [6.07, 6.45) is 2.91. The van der Waals surface area contributed by atoms with Crippen molar-refractivity contribution in [1.82, 2.24) is 10.3 Å². The SMILES string of the molecule is N#CCCN(CCOc1ccccc1C(=O)NN)C1CC1. The van der Waals surface area contributed by atoms with Gasteiger partial charge in [0, 0.05) is 25.6 Å². The van der Waals surface area contributed by atoms with Gasteiger partial charge in [-0.15, -0.1) is 0 Å². The lowest BCUT2D eigenvalue weighted by Crippen LogP contribution is -2.32. The number of nitrogen functional groups attached to an aromatic ring is 1. The van der Waals surface area contributed by atoms with E-state index in [9.17, 15) is 4.79 Å². The minimum Gasteiger partial charge on any atom is -0.491 e. The van der Waals surface area contributed by atoms with Crippen LogP contribution in [-0.2, 0) is 0 Å². The Bertz CT molecular complexity index is 523. The van der Waals surface area contributed by atoms with Crippen LogP contribution >= 0.6 is 0 Å². The Morgan fingerprint density at radius 2 is 2.19 bits per heavy atom. The van der Waals surface area contributed by atoms with Crippen LogP contribution in [0.4, 0.5) is 0 Å². The summed E-state index contributed by atoms with van der Waals surface area (Å²) >= 11 is 0. The summed E-state index contributed by atoms with van der Waals surface area (Å²) in [5.41, 5.74) is 2.54. The van der Waals surface area contributed by atoms with Gasteiger partial charge in [-0.05, 0) is 25.0 Å². The molecule has 1 aliphatic carbocycles. The average Bonchev–Trinajstić information content (AvgIpc) is 3.35. The van der Waals surface area contributed by atoms with Gasteiger partial charge in [-0.3, -0.25) is 15.1 Å². The third-order valence-corrected chi connectivity index (χ3v) is 3.47. The van der Waals surface area contributed by atoms with Crippen molar-refractivity contribution in [2.24, 2.45) is 5.84 Å². The Morgan fingerprint density at radius 1 is 1.43 bits per heavy atom. The van der Waals surface area contributed by atoms with Crippen LogP contribution in [0.2, 0.25) is 0 Å². The molecule has 6 heteroatoms. The van der Waals surface area contributed by atoms with Gasteiger partial charge in [0.15, 0.2) is 0 Å². The van der Waals surface area contributed by atoms with E-state index in [1.54, 1.807) is 18.2 Å². The molecule has 1 saturated carbocycles. The number of rotatable bonds is 8. The van der Waals surface area contributed by atoms with Crippen LogP contribution in [-0.4, -0.2) is 36.5 Å². The molecule has 3 N–H and O–H groups in total. The Balaban J connectivity index is 1.88. The van der Waals surface area contributed by atoms with E-state index >= 15 is 0 Å². The molecular formula is C15H20N4O2. The molecule has 0 atom stereocenters. The Labute approximate surface area is 124 Å². The number of nitrogens with zero attached hydrogens (tertiary/aromatic N) is 2. The van der Waals surface area contributed by atoms with E-state index in [2.05, 4.69) is 16.4 Å². The number of carbonyl (C=O) groups excluding carboxylic acids is 1. The quantitative estimate of drug-likeness (QED) is 0.424. The number of ether oxygens (including phenoxy) is 1. The van der Waals surface area contributed by atoms with Crippen LogP contribution in [0.15, 0.2) is 24.3 Å². The number of para-hydroxylation sites is 1. The highest BCUT2D eigenvalue weighted by atomic mass is 16.5. The fourth-order valence-electron chi connectivity index (χ4n) is 2.24. The van der Waals surface area contributed by atoms with Crippen molar-refractivity contribution in [3.8, 4) is 11.8 Å². The standard InChI is InChI=1S/C15H20N4O2/c16-8-3-9-19(12-6-7-12)10-11-21-14-5-2-1-4-13(14)15(20)18-17/h1-2,4-5,12H,3,6-7,9-11,17H2,(H,18,20). The van der Waals surface area contributed by atoms with Crippen molar-refractivity contribution in [3.63, 3.8) is 0 Å². The molecule has 112 valence electrons. The predicted octanol–water partition coefficient (Wildman–Crippen LogP) is 1.05. The lowest BCUT2D eigenvalue weighted by atomic mass is 10.2. The largest absolute Gasteiger partial charge is 0.491 e. The van der Waals surface area contributed by atoms with E-state index in [1.165, 1.54) is 12.8 Å². The van der Waals surface area contributed by atoms with Gasteiger partial charge in [-0.2, -0.15) is 5.26 Å². The highest BCUT2D eigenvalue weighted by molar-refractivity contribution is 5.96. The van der Waals surface area contributed by atoms with Crippen molar-refractivity contribution < 1.29 is 9.53 Å². The summed E-state index contributed by atoms with van der Waals surface area (Å²) in [7, 11) is 0. The van der Waals surface area contributed by atoms with Crippen LogP contribution < -0.4 is 16.0 Å². The monoisotopic (exact) mass is 288 g/mol. The highest BCUT2D eigenvalue weighted by Crippen LogP contribution is 2.26. The lowest BCUT2D eigenvalue weighted by molar-refractivity contribution is 0.0948. The maximum absolute atomic E-state index is 11.6. The van der Waals surface area contributed by atoms with Crippen LogP contribution in [0.1, 0.15) is 29.6 Å². The molecule has 0 unspecified atom stereocenters. The summed E-state index contributed by atoms with van der Waals surface area (Å²) in [6.45, 7) is 2.01. The van der Waals surface area contributed by atoms with Gasteiger partial charge in [-0.1, -0.05) is 12.1 Å². The highest BCUT2D eigenvalue weighted by Gasteiger charge is 2.28. The number of carbonyl (C=O) groups is 1. The van der Waals surface area contributed by atoms with Gasteiger partial charge < -0.3 is 4.74 Å². The first-order valence-electron chi connectivity index (χ1n) is 7.10. The molecular weight excluding hydrogens is 268 g/mol. The van der Waals surface area contributed by atoms with Gasteiger partial charge in [-0.25, -0.2) is 5.84 Å². The van der Waals surface area contributed by atoms with Crippen LogP contribution in [0, 0.1) is 11.3 Å². The normalized spacial score (nSPS) is 13.8. The molecule has 0 spiro atoms. The second kappa shape index (κ2) is 7.62. The molecule has 1 aliphatic rings. The van der Waals surface area contributed by atoms with Crippen LogP contribution in [0.5, 0.6) is 5.75 Å². The van der Waals surface area contributed by atoms with E-state index in [4.69, 9.17) is 15.8 Å².